The maximum Gasteiger partial charge on any atom is 0.326 e. The minimum Gasteiger partial charge on any atom is -0.480 e. The van der Waals surface area contributed by atoms with Crippen molar-refractivity contribution in [3.8, 4) is 0 Å². The number of benzene rings is 1. The summed E-state index contributed by atoms with van der Waals surface area (Å²) in [6.45, 7) is -0.294. The van der Waals surface area contributed by atoms with Crippen LogP contribution in [0, 0.1) is 5.92 Å². The summed E-state index contributed by atoms with van der Waals surface area (Å²) in [7, 11) is 0. The van der Waals surface area contributed by atoms with Gasteiger partial charge in [0.05, 0.1) is 11.6 Å². The van der Waals surface area contributed by atoms with Crippen LogP contribution >= 0.6 is 22.9 Å². The van der Waals surface area contributed by atoms with Gasteiger partial charge < -0.3 is 15.7 Å². The topological polar surface area (TPSA) is 95.5 Å². The van der Waals surface area contributed by atoms with Crippen LogP contribution in [-0.2, 0) is 9.59 Å². The third-order valence-electron chi connectivity index (χ3n) is 4.05. The lowest BCUT2D eigenvalue weighted by Gasteiger charge is -2.14. The number of carboxylic acids is 1. The molecule has 0 bridgehead atoms. The van der Waals surface area contributed by atoms with Crippen LogP contribution in [0.3, 0.4) is 0 Å². The van der Waals surface area contributed by atoms with E-state index in [0.717, 1.165) is 22.9 Å². The number of halogens is 1. The Hall–Kier alpha value is -2.12. The Morgan fingerprint density at radius 3 is 2.64 bits per heavy atom. The molecule has 3 rings (SSSR count). The molecule has 1 aliphatic carbocycles. The number of rotatable bonds is 7. The smallest absolute Gasteiger partial charge is 0.326 e. The van der Waals surface area contributed by atoms with Crippen LogP contribution in [0.1, 0.15) is 28.9 Å². The van der Waals surface area contributed by atoms with Gasteiger partial charge in [-0.2, -0.15) is 0 Å². The van der Waals surface area contributed by atoms with Gasteiger partial charge in [0.2, 0.25) is 5.91 Å². The molecular weight excluding hydrogens is 364 g/mol. The summed E-state index contributed by atoms with van der Waals surface area (Å²) in [5, 5.41) is 15.3. The van der Waals surface area contributed by atoms with Crippen LogP contribution in [0.25, 0.3) is 10.1 Å². The first-order chi connectivity index (χ1) is 12.0. The summed E-state index contributed by atoms with van der Waals surface area (Å²) >= 11 is 7.48. The number of hydrogen-bond acceptors (Lipinski definition) is 4. The van der Waals surface area contributed by atoms with Crippen LogP contribution in [0.4, 0.5) is 0 Å². The van der Waals surface area contributed by atoms with Crippen molar-refractivity contribution in [2.45, 2.75) is 25.3 Å². The number of aliphatic carboxylic acids is 1. The molecule has 1 heterocycles. The third-order valence-corrected chi connectivity index (χ3v) is 5.72. The highest BCUT2D eigenvalue weighted by atomic mass is 35.5. The van der Waals surface area contributed by atoms with Crippen LogP contribution in [-0.4, -0.2) is 35.5 Å². The monoisotopic (exact) mass is 380 g/mol. The molecule has 1 atom stereocenters. The van der Waals surface area contributed by atoms with Crippen molar-refractivity contribution in [1.82, 2.24) is 10.6 Å². The van der Waals surface area contributed by atoms with Gasteiger partial charge >= 0.3 is 5.97 Å². The van der Waals surface area contributed by atoms with E-state index in [-0.39, 0.29) is 6.54 Å². The van der Waals surface area contributed by atoms with E-state index in [1.807, 2.05) is 24.3 Å². The SMILES string of the molecule is O=C(CNC(=O)c1sc2ccccc2c1Cl)NC(CC1CC1)C(=O)O. The lowest BCUT2D eigenvalue weighted by atomic mass is 10.1. The second-order valence-corrected chi connectivity index (χ2v) is 7.49. The molecule has 3 N–H and O–H groups in total. The number of nitrogens with one attached hydrogen (secondary N) is 2. The van der Waals surface area contributed by atoms with E-state index in [0.29, 0.717) is 22.2 Å². The fourth-order valence-electron chi connectivity index (χ4n) is 2.55. The molecule has 1 saturated carbocycles. The Balaban J connectivity index is 1.58. The van der Waals surface area contributed by atoms with Crippen LogP contribution in [0.15, 0.2) is 24.3 Å². The van der Waals surface area contributed by atoms with E-state index < -0.39 is 23.8 Å². The molecule has 25 heavy (non-hydrogen) atoms. The molecule has 1 aromatic carbocycles. The van der Waals surface area contributed by atoms with Crippen LogP contribution in [0.5, 0.6) is 0 Å². The Labute approximate surface area is 153 Å². The zero-order valence-electron chi connectivity index (χ0n) is 13.3. The van der Waals surface area contributed by atoms with E-state index in [9.17, 15) is 14.4 Å². The molecule has 0 radical (unpaired) electrons. The molecule has 0 spiro atoms. The van der Waals surface area contributed by atoms with Crippen molar-refractivity contribution < 1.29 is 19.5 Å². The normalized spacial score (nSPS) is 14.9. The van der Waals surface area contributed by atoms with E-state index in [1.54, 1.807) is 0 Å². The summed E-state index contributed by atoms with van der Waals surface area (Å²) in [5.41, 5.74) is 0. The molecule has 2 aromatic rings. The van der Waals surface area contributed by atoms with Gasteiger partial charge in [-0.1, -0.05) is 42.6 Å². The highest BCUT2D eigenvalue weighted by molar-refractivity contribution is 7.21. The summed E-state index contributed by atoms with van der Waals surface area (Å²) in [4.78, 5) is 35.7. The number of fused-ring (bicyclic) bond motifs is 1. The van der Waals surface area contributed by atoms with E-state index in [1.165, 1.54) is 11.3 Å². The number of carboxylic acid groups (broad SMARTS) is 1. The third kappa shape index (κ3) is 4.29. The fourth-order valence-corrected chi connectivity index (χ4v) is 3.99. The van der Waals surface area contributed by atoms with Crippen LogP contribution < -0.4 is 10.6 Å². The number of carbonyl (C=O) groups excluding carboxylic acids is 2. The highest BCUT2D eigenvalue weighted by Gasteiger charge is 2.30. The molecule has 6 nitrogen and oxygen atoms in total. The van der Waals surface area contributed by atoms with Gasteiger partial charge in [-0.25, -0.2) is 4.79 Å². The van der Waals surface area contributed by atoms with Crippen molar-refractivity contribution >= 4 is 50.8 Å². The Morgan fingerprint density at radius 1 is 1.28 bits per heavy atom. The minimum atomic E-state index is -1.06. The molecule has 8 heteroatoms. The number of carbonyl (C=O) groups is 3. The van der Waals surface area contributed by atoms with Gasteiger partial charge in [-0.05, 0) is 18.4 Å². The molecule has 0 saturated heterocycles. The first-order valence-electron chi connectivity index (χ1n) is 7.93. The van der Waals surface area contributed by atoms with Gasteiger partial charge in [-0.3, -0.25) is 9.59 Å². The summed E-state index contributed by atoms with van der Waals surface area (Å²) < 4.78 is 0.887. The molecule has 2 amide bonds. The van der Waals surface area contributed by atoms with Crippen molar-refractivity contribution in [3.63, 3.8) is 0 Å². The minimum absolute atomic E-state index is 0.294. The first-order valence-corrected chi connectivity index (χ1v) is 9.12. The molecular formula is C17H17ClN2O4S. The van der Waals surface area contributed by atoms with Crippen molar-refractivity contribution in [2.24, 2.45) is 5.92 Å². The molecule has 1 unspecified atom stereocenters. The van der Waals surface area contributed by atoms with Gasteiger partial charge in [0.25, 0.3) is 5.91 Å². The second-order valence-electron chi connectivity index (χ2n) is 6.06. The van der Waals surface area contributed by atoms with E-state index in [2.05, 4.69) is 10.6 Å². The Kier molecular flexibility index (Phi) is 5.24. The molecule has 132 valence electrons. The molecule has 1 fully saturated rings. The van der Waals surface area contributed by atoms with E-state index in [4.69, 9.17) is 16.7 Å². The van der Waals surface area contributed by atoms with Crippen molar-refractivity contribution in [3.05, 3.63) is 34.2 Å². The lowest BCUT2D eigenvalue weighted by molar-refractivity contribution is -0.142. The summed E-state index contributed by atoms with van der Waals surface area (Å²) in [6.07, 6.45) is 2.43. The summed E-state index contributed by atoms with van der Waals surface area (Å²) in [6, 6.07) is 6.47. The maximum atomic E-state index is 12.3. The number of hydrogen-bond donors (Lipinski definition) is 3. The summed E-state index contributed by atoms with van der Waals surface area (Å²) in [5.74, 6) is -1.67. The Bertz CT molecular complexity index is 831. The lowest BCUT2D eigenvalue weighted by Crippen LogP contribution is -2.45. The highest BCUT2D eigenvalue weighted by Crippen LogP contribution is 2.35. The van der Waals surface area contributed by atoms with E-state index >= 15 is 0 Å². The zero-order valence-corrected chi connectivity index (χ0v) is 14.8. The average Bonchev–Trinajstić information content (AvgIpc) is 3.34. The largest absolute Gasteiger partial charge is 0.480 e. The number of amides is 2. The average molecular weight is 381 g/mol. The second kappa shape index (κ2) is 7.41. The number of thiophene rings is 1. The van der Waals surface area contributed by atoms with Gasteiger partial charge in [0, 0.05) is 10.1 Å². The Morgan fingerprint density at radius 2 is 2.00 bits per heavy atom. The predicted molar refractivity (Wildman–Crippen MR) is 96.1 cm³/mol. The molecule has 1 aliphatic rings. The quantitative estimate of drug-likeness (QED) is 0.688. The van der Waals surface area contributed by atoms with Gasteiger partial charge in [0.1, 0.15) is 10.9 Å². The molecule has 0 aliphatic heterocycles. The molecule has 1 aromatic heterocycles. The maximum absolute atomic E-state index is 12.3. The first kappa shape index (κ1) is 17.7. The van der Waals surface area contributed by atoms with Crippen molar-refractivity contribution in [1.29, 1.82) is 0 Å². The van der Waals surface area contributed by atoms with Gasteiger partial charge in [0.15, 0.2) is 0 Å². The van der Waals surface area contributed by atoms with Gasteiger partial charge in [-0.15, -0.1) is 11.3 Å². The van der Waals surface area contributed by atoms with Crippen molar-refractivity contribution in [2.75, 3.05) is 6.54 Å². The standard InChI is InChI=1S/C17H17ClN2O4S/c18-14-10-3-1-2-4-12(10)25-15(14)16(22)19-8-13(21)20-11(17(23)24)7-9-5-6-9/h1-4,9,11H,5-8H2,(H,19,22)(H,20,21)(H,23,24). The predicted octanol–water partition coefficient (Wildman–Crippen LogP) is 2.65. The zero-order chi connectivity index (χ0) is 18.0. The van der Waals surface area contributed by atoms with Crippen LogP contribution in [0.2, 0.25) is 5.02 Å². The fraction of sp³-hybridized carbons (Fsp3) is 0.353.